The minimum atomic E-state index is -0.722. The van der Waals surface area contributed by atoms with Gasteiger partial charge in [-0.2, -0.15) is 0 Å². The van der Waals surface area contributed by atoms with Crippen LogP contribution in [0.1, 0.15) is 15.9 Å². The van der Waals surface area contributed by atoms with E-state index in [0.717, 1.165) is 15.3 Å². The predicted molar refractivity (Wildman–Crippen MR) is 77.0 cm³/mol. The molecule has 0 bridgehead atoms. The van der Waals surface area contributed by atoms with E-state index >= 15 is 0 Å². The lowest BCUT2D eigenvalue weighted by Crippen LogP contribution is -2.38. The highest BCUT2D eigenvalue weighted by Gasteiger charge is 2.13. The molecule has 0 atom stereocenters. The van der Waals surface area contributed by atoms with Crippen LogP contribution in [0.2, 0.25) is 0 Å². The molecule has 21 heavy (non-hydrogen) atoms. The average Bonchev–Trinajstić information content (AvgIpc) is 2.51. The number of hydrogen-bond acceptors (Lipinski definition) is 4. The third-order valence-corrected chi connectivity index (χ3v) is 3.00. The van der Waals surface area contributed by atoms with Crippen molar-refractivity contribution < 1.29 is 9.90 Å². The molecule has 1 amide bonds. The van der Waals surface area contributed by atoms with Crippen LogP contribution >= 0.6 is 0 Å². The zero-order chi connectivity index (χ0) is 15.6. The number of amides is 1. The first-order valence-electron chi connectivity index (χ1n) is 6.06. The summed E-state index contributed by atoms with van der Waals surface area (Å²) >= 11 is 0. The van der Waals surface area contributed by atoms with E-state index in [9.17, 15) is 19.5 Å². The normalized spacial score (nSPS) is 11.0. The van der Waals surface area contributed by atoms with Gasteiger partial charge in [0.1, 0.15) is 5.56 Å². The minimum Gasteiger partial charge on any atom is -0.494 e. The van der Waals surface area contributed by atoms with Gasteiger partial charge in [-0.3, -0.25) is 18.7 Å². The monoisotopic (exact) mass is 287 g/mol. The molecule has 2 rings (SSSR count). The maximum atomic E-state index is 11.9. The second-order valence-corrected chi connectivity index (χ2v) is 4.37. The lowest BCUT2D eigenvalue weighted by molar-refractivity contribution is 0.100. The van der Waals surface area contributed by atoms with Gasteiger partial charge in [-0.1, -0.05) is 18.2 Å². The van der Waals surface area contributed by atoms with Crippen molar-refractivity contribution in [2.45, 2.75) is 0 Å². The van der Waals surface area contributed by atoms with Crippen molar-refractivity contribution in [1.82, 2.24) is 9.13 Å². The number of aliphatic imine (C=N–C) groups is 1. The van der Waals surface area contributed by atoms with Gasteiger partial charge in [0.25, 0.3) is 11.5 Å². The molecule has 108 valence electrons. The van der Waals surface area contributed by atoms with Crippen molar-refractivity contribution in [3.05, 3.63) is 62.3 Å². The number of aromatic hydroxyl groups is 1. The average molecular weight is 287 g/mol. The van der Waals surface area contributed by atoms with Gasteiger partial charge in [0.2, 0.25) is 5.88 Å². The van der Waals surface area contributed by atoms with Gasteiger partial charge in [0.05, 0.1) is 0 Å². The fourth-order valence-corrected chi connectivity index (χ4v) is 1.75. The van der Waals surface area contributed by atoms with Crippen molar-refractivity contribution in [2.24, 2.45) is 19.1 Å². The maximum absolute atomic E-state index is 11.9. The fraction of sp³-hybridized carbons (Fsp3) is 0.143. The highest BCUT2D eigenvalue weighted by atomic mass is 16.3. The quantitative estimate of drug-likeness (QED) is 0.790. The summed E-state index contributed by atoms with van der Waals surface area (Å²) in [5.74, 6) is -1.08. The Morgan fingerprint density at radius 2 is 1.76 bits per heavy atom. The summed E-state index contributed by atoms with van der Waals surface area (Å²) in [6, 6.07) is 8.29. The molecular formula is C14H13N3O4. The molecule has 1 heterocycles. The molecule has 7 nitrogen and oxygen atoms in total. The zero-order valence-electron chi connectivity index (χ0n) is 11.5. The van der Waals surface area contributed by atoms with Crippen LogP contribution in [0, 0.1) is 0 Å². The number of carbonyl (C=O) groups is 1. The minimum absolute atomic E-state index is 0.219. The SMILES string of the molecule is Cn1c(O)c(C=NC(=O)c2ccccc2)c(=O)n(C)c1=O. The van der Waals surface area contributed by atoms with E-state index in [-0.39, 0.29) is 5.56 Å². The third-order valence-electron chi connectivity index (χ3n) is 3.00. The smallest absolute Gasteiger partial charge is 0.333 e. The van der Waals surface area contributed by atoms with Gasteiger partial charge < -0.3 is 5.11 Å². The Morgan fingerprint density at radius 1 is 1.14 bits per heavy atom. The summed E-state index contributed by atoms with van der Waals surface area (Å²) in [6.45, 7) is 0. The van der Waals surface area contributed by atoms with Gasteiger partial charge in [-0.25, -0.2) is 9.79 Å². The van der Waals surface area contributed by atoms with E-state index in [4.69, 9.17) is 0 Å². The molecule has 7 heteroatoms. The third kappa shape index (κ3) is 2.66. The van der Waals surface area contributed by atoms with E-state index in [2.05, 4.69) is 4.99 Å². The number of rotatable bonds is 2. The molecule has 1 aromatic carbocycles. The Bertz CT molecular complexity index is 832. The fourth-order valence-electron chi connectivity index (χ4n) is 1.75. The summed E-state index contributed by atoms with van der Waals surface area (Å²) in [7, 11) is 2.59. The van der Waals surface area contributed by atoms with Crippen LogP contribution in [0.15, 0.2) is 44.9 Å². The lowest BCUT2D eigenvalue weighted by atomic mass is 10.2. The van der Waals surface area contributed by atoms with E-state index in [1.54, 1.807) is 30.3 Å². The van der Waals surface area contributed by atoms with Gasteiger partial charge >= 0.3 is 5.69 Å². The molecule has 0 radical (unpaired) electrons. The maximum Gasteiger partial charge on any atom is 0.333 e. The van der Waals surface area contributed by atoms with Crippen LogP contribution in [0.4, 0.5) is 0 Å². The van der Waals surface area contributed by atoms with Crippen LogP contribution in [0.25, 0.3) is 0 Å². The summed E-state index contributed by atoms with van der Waals surface area (Å²) in [5, 5.41) is 9.81. The second-order valence-electron chi connectivity index (χ2n) is 4.37. The van der Waals surface area contributed by atoms with Crippen LogP contribution in [0.5, 0.6) is 5.88 Å². The van der Waals surface area contributed by atoms with E-state index < -0.39 is 23.0 Å². The Morgan fingerprint density at radius 3 is 2.38 bits per heavy atom. The molecule has 0 fully saturated rings. The summed E-state index contributed by atoms with van der Waals surface area (Å²) in [5.41, 5.74) is -1.25. The molecule has 1 aromatic heterocycles. The number of carbonyl (C=O) groups excluding carboxylic acids is 1. The Balaban J connectivity index is 2.46. The molecule has 0 saturated carbocycles. The van der Waals surface area contributed by atoms with Crippen molar-refractivity contribution in [3.63, 3.8) is 0 Å². The van der Waals surface area contributed by atoms with Gasteiger partial charge in [-0.15, -0.1) is 0 Å². The summed E-state index contributed by atoms with van der Waals surface area (Å²) in [4.78, 5) is 38.9. The topological polar surface area (TPSA) is 93.7 Å². The van der Waals surface area contributed by atoms with E-state index in [0.29, 0.717) is 5.56 Å². The standard InChI is InChI=1S/C14H13N3O4/c1-16-12(19)10(13(20)17(2)14(16)21)8-15-11(18)9-6-4-3-5-7-9/h3-8,19H,1-2H3. The Kier molecular flexibility index (Phi) is 3.84. The van der Waals surface area contributed by atoms with Crippen molar-refractivity contribution in [1.29, 1.82) is 0 Å². The van der Waals surface area contributed by atoms with Crippen LogP contribution in [0.3, 0.4) is 0 Å². The van der Waals surface area contributed by atoms with Gasteiger partial charge in [0, 0.05) is 25.9 Å². The second kappa shape index (κ2) is 5.58. The molecule has 0 aliphatic rings. The van der Waals surface area contributed by atoms with Crippen LogP contribution in [-0.2, 0) is 14.1 Å². The molecule has 2 aromatic rings. The molecule has 0 spiro atoms. The molecule has 0 aliphatic heterocycles. The Hall–Kier alpha value is -2.96. The molecule has 0 unspecified atom stereocenters. The van der Waals surface area contributed by atoms with Crippen LogP contribution in [-0.4, -0.2) is 26.4 Å². The van der Waals surface area contributed by atoms with Crippen molar-refractivity contribution >= 4 is 12.1 Å². The molecular weight excluding hydrogens is 274 g/mol. The van der Waals surface area contributed by atoms with E-state index in [1.165, 1.54) is 14.1 Å². The summed E-state index contributed by atoms with van der Waals surface area (Å²) in [6.07, 6.45) is 0.965. The lowest BCUT2D eigenvalue weighted by Gasteiger charge is -2.06. The predicted octanol–water partition coefficient (Wildman–Crippen LogP) is 0.0489. The van der Waals surface area contributed by atoms with E-state index in [1.807, 2.05) is 0 Å². The highest BCUT2D eigenvalue weighted by molar-refractivity contribution is 6.02. The number of aromatic nitrogens is 2. The first-order chi connectivity index (χ1) is 9.93. The highest BCUT2D eigenvalue weighted by Crippen LogP contribution is 2.07. The number of hydrogen-bond donors (Lipinski definition) is 1. The van der Waals surface area contributed by atoms with Crippen molar-refractivity contribution in [2.75, 3.05) is 0 Å². The Labute approximate surface area is 119 Å². The first-order valence-corrected chi connectivity index (χ1v) is 6.06. The van der Waals surface area contributed by atoms with Crippen LogP contribution < -0.4 is 11.2 Å². The first kappa shape index (κ1) is 14.4. The molecule has 1 N–H and O–H groups in total. The molecule has 0 saturated heterocycles. The number of nitrogens with zero attached hydrogens (tertiary/aromatic N) is 3. The van der Waals surface area contributed by atoms with Gasteiger partial charge in [-0.05, 0) is 12.1 Å². The molecule has 0 aliphatic carbocycles. The largest absolute Gasteiger partial charge is 0.494 e. The van der Waals surface area contributed by atoms with Crippen molar-refractivity contribution in [3.8, 4) is 5.88 Å². The number of benzene rings is 1. The summed E-state index contributed by atoms with van der Waals surface area (Å²) < 4.78 is 1.73. The van der Waals surface area contributed by atoms with Gasteiger partial charge in [0.15, 0.2) is 0 Å². The zero-order valence-corrected chi connectivity index (χ0v) is 11.5.